The van der Waals surface area contributed by atoms with Crippen molar-refractivity contribution in [2.45, 2.75) is 6.42 Å². The highest BCUT2D eigenvalue weighted by Gasteiger charge is 2.32. The molecule has 0 aliphatic carbocycles. The van der Waals surface area contributed by atoms with E-state index in [0.29, 0.717) is 30.3 Å². The van der Waals surface area contributed by atoms with Gasteiger partial charge >= 0.3 is 0 Å². The molecule has 122 valence electrons. The average Bonchev–Trinajstić information content (AvgIpc) is 3.20. The predicted octanol–water partition coefficient (Wildman–Crippen LogP) is 2.96. The summed E-state index contributed by atoms with van der Waals surface area (Å²) in [6.07, 6.45) is 2.22. The first-order valence-electron chi connectivity index (χ1n) is 8.08. The van der Waals surface area contributed by atoms with Gasteiger partial charge in [-0.3, -0.25) is 9.59 Å². The van der Waals surface area contributed by atoms with Gasteiger partial charge in [-0.2, -0.15) is 0 Å². The van der Waals surface area contributed by atoms with Crippen molar-refractivity contribution in [3.8, 4) is 0 Å². The molecule has 2 aromatic carbocycles. The van der Waals surface area contributed by atoms with Crippen LogP contribution in [0.5, 0.6) is 0 Å². The van der Waals surface area contributed by atoms with Gasteiger partial charge in [0.2, 0.25) is 5.91 Å². The van der Waals surface area contributed by atoms with Crippen LogP contribution in [-0.4, -0.2) is 31.6 Å². The molecule has 0 saturated carbocycles. The van der Waals surface area contributed by atoms with E-state index in [2.05, 4.69) is 11.9 Å². The van der Waals surface area contributed by atoms with E-state index in [4.69, 9.17) is 4.74 Å². The van der Waals surface area contributed by atoms with Crippen LogP contribution in [0.3, 0.4) is 0 Å². The maximum Gasteiger partial charge on any atom is 0.259 e. The second kappa shape index (κ2) is 5.76. The molecule has 0 bridgehead atoms. The van der Waals surface area contributed by atoms with Crippen molar-refractivity contribution in [2.75, 3.05) is 30.0 Å². The smallest absolute Gasteiger partial charge is 0.259 e. The summed E-state index contributed by atoms with van der Waals surface area (Å²) in [5.41, 5.74) is 2.30. The number of hydrogen-bond acceptors (Lipinski definition) is 3. The first-order valence-corrected chi connectivity index (χ1v) is 8.08. The molecule has 5 nitrogen and oxygen atoms in total. The summed E-state index contributed by atoms with van der Waals surface area (Å²) in [6, 6.07) is 9.38. The molecule has 2 heterocycles. The Hall–Kier alpha value is -2.66. The molecule has 1 N–H and O–H groups in total. The number of hydrogen-bond donors (Lipinski definition) is 1. The van der Waals surface area contributed by atoms with E-state index in [1.807, 2.05) is 35.2 Å². The Morgan fingerprint density at radius 2 is 2.25 bits per heavy atom. The van der Waals surface area contributed by atoms with E-state index in [1.165, 1.54) is 6.08 Å². The van der Waals surface area contributed by atoms with E-state index < -0.39 is 0 Å². The maximum absolute atomic E-state index is 12.8. The second-order valence-electron chi connectivity index (χ2n) is 6.20. The highest BCUT2D eigenvalue weighted by molar-refractivity contribution is 6.27. The SMILES string of the molecule is C=CC(=O)Nc1ccc2c3c(cccc13)C(=O)N2CC1CCOC1. The Morgan fingerprint density at radius 3 is 3.00 bits per heavy atom. The first kappa shape index (κ1) is 14.9. The third-order valence-corrected chi connectivity index (χ3v) is 4.69. The molecule has 24 heavy (non-hydrogen) atoms. The monoisotopic (exact) mass is 322 g/mol. The van der Waals surface area contributed by atoms with Crippen LogP contribution in [0.2, 0.25) is 0 Å². The van der Waals surface area contributed by atoms with Crippen LogP contribution in [0.4, 0.5) is 11.4 Å². The van der Waals surface area contributed by atoms with Gasteiger partial charge in [-0.15, -0.1) is 0 Å². The van der Waals surface area contributed by atoms with Gasteiger partial charge in [0, 0.05) is 41.1 Å². The Bertz CT molecular complexity index is 853. The predicted molar refractivity (Wildman–Crippen MR) is 93.4 cm³/mol. The fourth-order valence-electron chi connectivity index (χ4n) is 3.51. The van der Waals surface area contributed by atoms with Gasteiger partial charge < -0.3 is 15.0 Å². The molecule has 2 aromatic rings. The van der Waals surface area contributed by atoms with Crippen molar-refractivity contribution in [3.05, 3.63) is 48.6 Å². The highest BCUT2D eigenvalue weighted by Crippen LogP contribution is 2.41. The van der Waals surface area contributed by atoms with E-state index in [-0.39, 0.29) is 11.8 Å². The standard InChI is InChI=1S/C19H18N2O3/c1-2-17(22)20-15-6-7-16-18-13(15)4-3-5-14(18)19(23)21(16)10-12-8-9-24-11-12/h2-7,12H,1,8-11H2,(H,20,22). The zero-order valence-corrected chi connectivity index (χ0v) is 13.2. The van der Waals surface area contributed by atoms with Crippen molar-refractivity contribution in [1.29, 1.82) is 0 Å². The zero-order chi connectivity index (χ0) is 16.7. The second-order valence-corrected chi connectivity index (χ2v) is 6.20. The largest absolute Gasteiger partial charge is 0.381 e. The molecule has 2 aliphatic heterocycles. The Labute approximate surface area is 139 Å². The van der Waals surface area contributed by atoms with Crippen LogP contribution in [0.15, 0.2) is 43.0 Å². The number of nitrogens with one attached hydrogen (secondary N) is 1. The van der Waals surface area contributed by atoms with E-state index in [1.54, 1.807) is 0 Å². The number of rotatable bonds is 4. The molecule has 0 spiro atoms. The van der Waals surface area contributed by atoms with Gasteiger partial charge in [0.15, 0.2) is 0 Å². The number of benzene rings is 2. The summed E-state index contributed by atoms with van der Waals surface area (Å²) >= 11 is 0. The number of carbonyl (C=O) groups is 2. The highest BCUT2D eigenvalue weighted by atomic mass is 16.5. The number of ether oxygens (including phenoxy) is 1. The molecule has 4 rings (SSSR count). The molecule has 5 heteroatoms. The fraction of sp³-hybridized carbons (Fsp3) is 0.263. The molecule has 1 atom stereocenters. The quantitative estimate of drug-likeness (QED) is 0.881. The topological polar surface area (TPSA) is 58.6 Å². The number of amides is 2. The van der Waals surface area contributed by atoms with Crippen molar-refractivity contribution < 1.29 is 14.3 Å². The van der Waals surface area contributed by atoms with Gasteiger partial charge in [-0.05, 0) is 30.7 Å². The van der Waals surface area contributed by atoms with Crippen molar-refractivity contribution >= 4 is 34.0 Å². The molecule has 1 fully saturated rings. The molecule has 0 aromatic heterocycles. The van der Waals surface area contributed by atoms with Gasteiger partial charge in [0.1, 0.15) is 0 Å². The van der Waals surface area contributed by atoms with Crippen molar-refractivity contribution in [2.24, 2.45) is 5.92 Å². The summed E-state index contributed by atoms with van der Waals surface area (Å²) in [4.78, 5) is 26.3. The molecular formula is C19H18N2O3. The molecular weight excluding hydrogens is 304 g/mol. The molecule has 0 radical (unpaired) electrons. The van der Waals surface area contributed by atoms with Crippen LogP contribution in [0, 0.1) is 5.92 Å². The minimum absolute atomic E-state index is 0.0229. The van der Waals surface area contributed by atoms with E-state index in [0.717, 1.165) is 29.5 Å². The minimum Gasteiger partial charge on any atom is -0.381 e. The third kappa shape index (κ3) is 2.29. The van der Waals surface area contributed by atoms with E-state index >= 15 is 0 Å². The molecule has 1 unspecified atom stereocenters. The summed E-state index contributed by atoms with van der Waals surface area (Å²) in [5.74, 6) is 0.133. The lowest BCUT2D eigenvalue weighted by molar-refractivity contribution is -0.111. The number of carbonyl (C=O) groups excluding carboxylic acids is 2. The summed E-state index contributed by atoms with van der Waals surface area (Å²) < 4.78 is 5.43. The van der Waals surface area contributed by atoms with Crippen LogP contribution >= 0.6 is 0 Å². The van der Waals surface area contributed by atoms with Crippen molar-refractivity contribution in [1.82, 2.24) is 0 Å². The van der Waals surface area contributed by atoms with Crippen LogP contribution in [0.1, 0.15) is 16.8 Å². The zero-order valence-electron chi connectivity index (χ0n) is 13.2. The summed E-state index contributed by atoms with van der Waals surface area (Å²) in [5, 5.41) is 4.59. The minimum atomic E-state index is -0.264. The lowest BCUT2D eigenvalue weighted by Gasteiger charge is -2.21. The lowest BCUT2D eigenvalue weighted by atomic mass is 10.0. The Morgan fingerprint density at radius 1 is 1.38 bits per heavy atom. The van der Waals surface area contributed by atoms with Gasteiger partial charge in [0.05, 0.1) is 12.3 Å². The van der Waals surface area contributed by atoms with E-state index in [9.17, 15) is 9.59 Å². The molecule has 2 aliphatic rings. The third-order valence-electron chi connectivity index (χ3n) is 4.69. The normalized spacial score (nSPS) is 19.1. The van der Waals surface area contributed by atoms with Gasteiger partial charge in [-0.25, -0.2) is 0 Å². The Balaban J connectivity index is 1.78. The summed E-state index contributed by atoms with van der Waals surface area (Å²) in [7, 11) is 0. The maximum atomic E-state index is 12.8. The van der Waals surface area contributed by atoms with Crippen LogP contribution in [0.25, 0.3) is 10.8 Å². The van der Waals surface area contributed by atoms with Crippen LogP contribution < -0.4 is 10.2 Å². The number of anilines is 2. The first-order chi connectivity index (χ1) is 11.7. The number of nitrogens with zero attached hydrogens (tertiary/aromatic N) is 1. The Kier molecular flexibility index (Phi) is 3.58. The summed E-state index contributed by atoms with van der Waals surface area (Å²) in [6.45, 7) is 5.62. The molecule has 1 saturated heterocycles. The van der Waals surface area contributed by atoms with Crippen LogP contribution in [-0.2, 0) is 9.53 Å². The average molecular weight is 322 g/mol. The fourth-order valence-corrected chi connectivity index (χ4v) is 3.51. The van der Waals surface area contributed by atoms with Gasteiger partial charge in [-0.1, -0.05) is 18.7 Å². The van der Waals surface area contributed by atoms with Crippen molar-refractivity contribution in [3.63, 3.8) is 0 Å². The van der Waals surface area contributed by atoms with Gasteiger partial charge in [0.25, 0.3) is 5.91 Å². The molecule has 2 amide bonds. The lowest BCUT2D eigenvalue weighted by Crippen LogP contribution is -2.32.